The number of imidazole rings is 1. The minimum atomic E-state index is 0. The maximum atomic E-state index is 8.14. The number of nitrogens with two attached hydrogens (primary N) is 1. The normalized spacial score (nSPS) is 10.8. The Morgan fingerprint density at radius 1 is 1.22 bits per heavy atom. The molecule has 1 aromatic carbocycles. The number of hydrogen-bond acceptors (Lipinski definition) is 5. The average Bonchev–Trinajstić information content (AvgIpc) is 2.84. The molecular formula is C16H14ClN5O. The number of anilines is 1. The maximum absolute atomic E-state index is 8.14. The number of aryl methyl sites for hydroxylation is 1. The highest BCUT2D eigenvalue weighted by molar-refractivity contribution is 5.85. The van der Waals surface area contributed by atoms with E-state index in [9.17, 15) is 0 Å². The third-order valence-corrected chi connectivity index (χ3v) is 3.66. The van der Waals surface area contributed by atoms with Crippen molar-refractivity contribution in [2.24, 2.45) is 7.05 Å². The first-order valence-corrected chi connectivity index (χ1v) is 6.79. The number of hydrogen-bond donors (Lipinski definition) is 2. The van der Waals surface area contributed by atoms with Crippen LogP contribution in [0, 0.1) is 5.41 Å². The van der Waals surface area contributed by atoms with Gasteiger partial charge in [-0.2, -0.15) is 0 Å². The number of fused-ring (bicyclic) bond motifs is 2. The van der Waals surface area contributed by atoms with Gasteiger partial charge in [-0.05, 0) is 36.4 Å². The quantitative estimate of drug-likeness (QED) is 0.526. The number of aromatic nitrogens is 3. The maximum Gasteiger partial charge on any atom is 0.223 e. The first-order chi connectivity index (χ1) is 10.6. The Morgan fingerprint density at radius 2 is 2.04 bits per heavy atom. The van der Waals surface area contributed by atoms with Crippen LogP contribution in [0.5, 0.6) is 0 Å². The Balaban J connectivity index is 0.00000156. The number of nitrogen functional groups attached to an aromatic ring is 1. The van der Waals surface area contributed by atoms with E-state index in [4.69, 9.17) is 15.6 Å². The van der Waals surface area contributed by atoms with E-state index in [1.807, 2.05) is 35.9 Å². The number of rotatable bonds is 1. The Morgan fingerprint density at radius 3 is 2.83 bits per heavy atom. The van der Waals surface area contributed by atoms with Gasteiger partial charge in [-0.1, -0.05) is 0 Å². The van der Waals surface area contributed by atoms with E-state index in [0.717, 1.165) is 16.6 Å². The first kappa shape index (κ1) is 15.1. The van der Waals surface area contributed by atoms with Crippen LogP contribution < -0.4 is 11.3 Å². The van der Waals surface area contributed by atoms with Crippen molar-refractivity contribution in [3.63, 3.8) is 0 Å². The lowest BCUT2D eigenvalue weighted by atomic mass is 10.1. The van der Waals surface area contributed by atoms with Crippen LogP contribution in [-0.4, -0.2) is 14.5 Å². The molecule has 0 aliphatic heterocycles. The molecule has 0 unspecified atom stereocenters. The molecule has 0 saturated carbocycles. The first-order valence-electron chi connectivity index (χ1n) is 6.79. The molecule has 6 nitrogen and oxygen atoms in total. The van der Waals surface area contributed by atoms with Crippen LogP contribution in [0.25, 0.3) is 33.5 Å². The van der Waals surface area contributed by atoms with E-state index in [1.54, 1.807) is 18.3 Å². The number of benzene rings is 1. The van der Waals surface area contributed by atoms with E-state index in [2.05, 4.69) is 9.97 Å². The summed E-state index contributed by atoms with van der Waals surface area (Å²) < 4.78 is 7.45. The van der Waals surface area contributed by atoms with Crippen molar-refractivity contribution in [2.75, 3.05) is 5.73 Å². The lowest BCUT2D eigenvalue weighted by Gasteiger charge is -2.04. The molecule has 3 aromatic heterocycles. The molecule has 0 radical (unpaired) electrons. The minimum Gasteiger partial charge on any atom is -0.438 e. The lowest BCUT2D eigenvalue weighted by molar-refractivity contribution is 0.535. The van der Waals surface area contributed by atoms with Crippen LogP contribution >= 0.6 is 12.4 Å². The van der Waals surface area contributed by atoms with Gasteiger partial charge in [-0.15, -0.1) is 12.4 Å². The summed E-state index contributed by atoms with van der Waals surface area (Å²) in [4.78, 5) is 8.88. The molecule has 0 spiro atoms. The minimum absolute atomic E-state index is 0. The zero-order valence-corrected chi connectivity index (χ0v) is 13.1. The number of halogens is 1. The molecule has 0 amide bonds. The van der Waals surface area contributed by atoms with Crippen molar-refractivity contribution >= 4 is 40.2 Å². The van der Waals surface area contributed by atoms with Gasteiger partial charge in [0.2, 0.25) is 5.55 Å². The summed E-state index contributed by atoms with van der Waals surface area (Å²) in [5.41, 5.74) is 9.33. The van der Waals surface area contributed by atoms with Crippen LogP contribution in [0.3, 0.4) is 0 Å². The summed E-state index contributed by atoms with van der Waals surface area (Å²) >= 11 is 0. The molecule has 0 saturated heterocycles. The standard InChI is InChI=1S/C16H13N5O.ClH/c1-21-15(20-12-3-2-6-19-16(12)21)11-8-9-7-10(17)4-5-13(9)22-14(11)18;/h2-8,18H,17H2,1H3;1H. The number of nitrogens with zero attached hydrogens (tertiary/aromatic N) is 3. The van der Waals surface area contributed by atoms with E-state index in [-0.39, 0.29) is 18.0 Å². The highest BCUT2D eigenvalue weighted by atomic mass is 35.5. The fourth-order valence-corrected chi connectivity index (χ4v) is 2.59. The summed E-state index contributed by atoms with van der Waals surface area (Å²) in [6.45, 7) is 0. The van der Waals surface area contributed by atoms with Gasteiger partial charge in [-0.3, -0.25) is 5.41 Å². The van der Waals surface area contributed by atoms with Crippen LogP contribution in [0.15, 0.2) is 47.0 Å². The summed E-state index contributed by atoms with van der Waals surface area (Å²) in [6.07, 6.45) is 1.72. The highest BCUT2D eigenvalue weighted by Gasteiger charge is 2.14. The molecule has 3 heterocycles. The number of pyridine rings is 1. The van der Waals surface area contributed by atoms with Crippen molar-refractivity contribution in [3.05, 3.63) is 48.1 Å². The van der Waals surface area contributed by atoms with E-state index in [0.29, 0.717) is 22.7 Å². The monoisotopic (exact) mass is 327 g/mol. The van der Waals surface area contributed by atoms with Gasteiger partial charge in [0.25, 0.3) is 0 Å². The highest BCUT2D eigenvalue weighted by Crippen LogP contribution is 2.24. The van der Waals surface area contributed by atoms with E-state index < -0.39 is 0 Å². The third kappa shape index (κ3) is 2.33. The zero-order valence-electron chi connectivity index (χ0n) is 12.3. The Labute approximate surface area is 137 Å². The van der Waals surface area contributed by atoms with Crippen molar-refractivity contribution in [1.82, 2.24) is 14.5 Å². The molecule has 0 bridgehead atoms. The second-order valence-corrected chi connectivity index (χ2v) is 5.13. The summed E-state index contributed by atoms with van der Waals surface area (Å²) in [6, 6.07) is 11.0. The summed E-state index contributed by atoms with van der Waals surface area (Å²) in [5, 5.41) is 8.98. The second kappa shape index (κ2) is 5.40. The molecule has 7 heteroatoms. The van der Waals surface area contributed by atoms with Gasteiger partial charge >= 0.3 is 0 Å². The molecule has 0 aliphatic rings. The van der Waals surface area contributed by atoms with Crippen molar-refractivity contribution in [1.29, 1.82) is 5.41 Å². The summed E-state index contributed by atoms with van der Waals surface area (Å²) in [7, 11) is 1.88. The molecule has 3 N–H and O–H groups in total. The molecule has 0 fully saturated rings. The average molecular weight is 328 g/mol. The van der Waals surface area contributed by atoms with Crippen LogP contribution in [0.4, 0.5) is 5.69 Å². The Kier molecular flexibility index (Phi) is 3.54. The van der Waals surface area contributed by atoms with Gasteiger partial charge in [0.05, 0.1) is 5.56 Å². The van der Waals surface area contributed by atoms with Gasteiger partial charge in [0.1, 0.15) is 16.9 Å². The van der Waals surface area contributed by atoms with E-state index in [1.165, 1.54) is 0 Å². The SMILES string of the molecule is Cl.Cn1c(-c2cc3cc(N)ccc3oc2=N)nc2cccnc21. The van der Waals surface area contributed by atoms with Crippen LogP contribution in [0.2, 0.25) is 0 Å². The van der Waals surface area contributed by atoms with Crippen molar-refractivity contribution < 1.29 is 4.42 Å². The molecule has 0 aliphatic carbocycles. The smallest absolute Gasteiger partial charge is 0.223 e. The third-order valence-electron chi connectivity index (χ3n) is 3.66. The molecule has 116 valence electrons. The van der Waals surface area contributed by atoms with Gasteiger partial charge in [0.15, 0.2) is 5.65 Å². The van der Waals surface area contributed by atoms with Gasteiger partial charge < -0.3 is 14.7 Å². The molecular weight excluding hydrogens is 314 g/mol. The predicted molar refractivity (Wildman–Crippen MR) is 91.2 cm³/mol. The Bertz CT molecular complexity index is 1080. The fourth-order valence-electron chi connectivity index (χ4n) is 2.59. The summed E-state index contributed by atoms with van der Waals surface area (Å²) in [5.74, 6) is 0.645. The Hall–Kier alpha value is -2.86. The molecule has 0 atom stereocenters. The lowest BCUT2D eigenvalue weighted by Crippen LogP contribution is -2.07. The van der Waals surface area contributed by atoms with E-state index >= 15 is 0 Å². The molecule has 4 rings (SSSR count). The van der Waals surface area contributed by atoms with Gasteiger partial charge in [-0.25, -0.2) is 9.97 Å². The topological polar surface area (TPSA) is 93.7 Å². The van der Waals surface area contributed by atoms with Crippen molar-refractivity contribution in [2.45, 2.75) is 0 Å². The van der Waals surface area contributed by atoms with Crippen LogP contribution in [-0.2, 0) is 7.05 Å². The zero-order chi connectivity index (χ0) is 15.3. The predicted octanol–water partition coefficient (Wildman–Crippen LogP) is 2.86. The van der Waals surface area contributed by atoms with Crippen LogP contribution in [0.1, 0.15) is 0 Å². The van der Waals surface area contributed by atoms with Crippen molar-refractivity contribution in [3.8, 4) is 11.4 Å². The molecule has 23 heavy (non-hydrogen) atoms. The van der Waals surface area contributed by atoms with Gasteiger partial charge in [0, 0.05) is 24.3 Å². The fraction of sp³-hybridized carbons (Fsp3) is 0.0625. The number of nitrogens with one attached hydrogen (secondary N) is 1. The molecule has 4 aromatic rings. The second-order valence-electron chi connectivity index (χ2n) is 5.13. The largest absolute Gasteiger partial charge is 0.438 e.